The van der Waals surface area contributed by atoms with Gasteiger partial charge in [0.15, 0.2) is 0 Å². The lowest BCUT2D eigenvalue weighted by molar-refractivity contribution is 0.658. The van der Waals surface area contributed by atoms with E-state index >= 15 is 0 Å². The van der Waals surface area contributed by atoms with Gasteiger partial charge in [-0.1, -0.05) is 40.9 Å². The van der Waals surface area contributed by atoms with Crippen LogP contribution < -0.4 is 0 Å². The first-order chi connectivity index (χ1) is 3.18. The Hall–Kier alpha value is -0.260. The molecule has 0 heterocycles. The Labute approximate surface area is 61.0 Å². The van der Waals surface area contributed by atoms with Crippen molar-refractivity contribution in [3.63, 3.8) is 0 Å². The first-order valence-electron chi connectivity index (χ1n) is 2.83. The fourth-order valence-electron chi connectivity index (χ4n) is 0.348. The Bertz CT molecular complexity index is 62.4. The van der Waals surface area contributed by atoms with Crippen molar-refractivity contribution in [1.29, 1.82) is 0 Å². The molecular weight excluding hydrogens is 108 g/mol. The SMILES string of the molecule is C.C.C=C(C)C(C)CC. The molecule has 0 amide bonds. The van der Waals surface area contributed by atoms with Crippen LogP contribution in [0.15, 0.2) is 12.2 Å². The van der Waals surface area contributed by atoms with Crippen molar-refractivity contribution in [2.24, 2.45) is 5.92 Å². The summed E-state index contributed by atoms with van der Waals surface area (Å²) in [5.74, 6) is 0.708. The van der Waals surface area contributed by atoms with E-state index in [0.29, 0.717) is 5.92 Å². The lowest BCUT2D eigenvalue weighted by Crippen LogP contribution is -1.89. The molecule has 0 bridgehead atoms. The molecule has 0 aromatic carbocycles. The summed E-state index contributed by atoms with van der Waals surface area (Å²) in [6.45, 7) is 10.3. The Morgan fingerprint density at radius 2 is 1.78 bits per heavy atom. The number of rotatable bonds is 2. The third kappa shape index (κ3) is 7.74. The van der Waals surface area contributed by atoms with Crippen LogP contribution >= 0.6 is 0 Å². The van der Waals surface area contributed by atoms with Crippen molar-refractivity contribution in [1.82, 2.24) is 0 Å². The minimum atomic E-state index is 0. The van der Waals surface area contributed by atoms with Gasteiger partial charge in [0.05, 0.1) is 0 Å². The lowest BCUT2D eigenvalue weighted by atomic mass is 10.0. The number of allylic oxidation sites excluding steroid dienone is 1. The molecule has 0 spiro atoms. The van der Waals surface area contributed by atoms with E-state index in [1.165, 1.54) is 12.0 Å². The van der Waals surface area contributed by atoms with Gasteiger partial charge < -0.3 is 0 Å². The van der Waals surface area contributed by atoms with Crippen LogP contribution in [0.2, 0.25) is 0 Å². The highest BCUT2D eigenvalue weighted by atomic mass is 14.0. The van der Waals surface area contributed by atoms with Crippen LogP contribution in [0.3, 0.4) is 0 Å². The van der Waals surface area contributed by atoms with E-state index in [-0.39, 0.29) is 14.9 Å². The normalized spacial score (nSPS) is 10.6. The molecule has 0 aliphatic carbocycles. The molecule has 0 saturated heterocycles. The first-order valence-corrected chi connectivity index (χ1v) is 2.83. The summed E-state index contributed by atoms with van der Waals surface area (Å²) < 4.78 is 0. The third-order valence-corrected chi connectivity index (χ3v) is 1.45. The van der Waals surface area contributed by atoms with E-state index in [1.54, 1.807) is 0 Å². The molecule has 0 aromatic heterocycles. The maximum Gasteiger partial charge on any atom is -0.0240 e. The van der Waals surface area contributed by atoms with E-state index in [2.05, 4.69) is 27.4 Å². The summed E-state index contributed by atoms with van der Waals surface area (Å²) in [5, 5.41) is 0. The molecule has 0 aromatic rings. The molecule has 1 atom stereocenters. The van der Waals surface area contributed by atoms with Crippen LogP contribution in [0, 0.1) is 5.92 Å². The Kier molecular flexibility index (Phi) is 13.7. The van der Waals surface area contributed by atoms with E-state index in [9.17, 15) is 0 Å². The van der Waals surface area contributed by atoms with E-state index in [1.807, 2.05) is 0 Å². The molecule has 0 rings (SSSR count). The van der Waals surface area contributed by atoms with Gasteiger partial charge >= 0.3 is 0 Å². The zero-order valence-corrected chi connectivity index (χ0v) is 5.49. The van der Waals surface area contributed by atoms with Crippen LogP contribution in [-0.4, -0.2) is 0 Å². The van der Waals surface area contributed by atoms with Crippen molar-refractivity contribution in [3.05, 3.63) is 12.2 Å². The molecule has 0 fully saturated rings. The zero-order chi connectivity index (χ0) is 5.86. The topological polar surface area (TPSA) is 0 Å². The highest BCUT2D eigenvalue weighted by molar-refractivity contribution is 4.92. The second kappa shape index (κ2) is 7.74. The molecule has 0 nitrogen and oxygen atoms in total. The smallest absolute Gasteiger partial charge is 0.0240 e. The van der Waals surface area contributed by atoms with Crippen molar-refractivity contribution >= 4 is 0 Å². The molecule has 1 unspecified atom stereocenters. The van der Waals surface area contributed by atoms with Gasteiger partial charge in [0.25, 0.3) is 0 Å². The average Bonchev–Trinajstić information content (AvgIpc) is 1.65. The van der Waals surface area contributed by atoms with Gasteiger partial charge in [-0.2, -0.15) is 0 Å². The van der Waals surface area contributed by atoms with Crippen LogP contribution in [0.5, 0.6) is 0 Å². The summed E-state index contributed by atoms with van der Waals surface area (Å²) in [4.78, 5) is 0. The predicted octanol–water partition coefficient (Wildman–Crippen LogP) is 3.88. The number of hydrogen-bond acceptors (Lipinski definition) is 0. The van der Waals surface area contributed by atoms with Crippen LogP contribution in [0.4, 0.5) is 0 Å². The van der Waals surface area contributed by atoms with Gasteiger partial charge in [-0.15, -0.1) is 0 Å². The fourth-order valence-corrected chi connectivity index (χ4v) is 0.348. The summed E-state index contributed by atoms with van der Waals surface area (Å²) >= 11 is 0. The van der Waals surface area contributed by atoms with Crippen LogP contribution in [0.1, 0.15) is 42.0 Å². The largest absolute Gasteiger partial charge is 0.0999 e. The standard InChI is InChI=1S/C7H14.2CH4/c1-5-7(4)6(2)3;;/h7H,2,5H2,1,3-4H3;2*1H4. The predicted molar refractivity (Wildman–Crippen MR) is 47.7 cm³/mol. The maximum atomic E-state index is 3.83. The molecule has 0 heteroatoms. The molecule has 58 valence electrons. The molecular formula is C9H22. The maximum absolute atomic E-state index is 3.83. The van der Waals surface area contributed by atoms with Crippen molar-refractivity contribution in [2.45, 2.75) is 42.0 Å². The Morgan fingerprint density at radius 3 is 1.78 bits per heavy atom. The monoisotopic (exact) mass is 130 g/mol. The summed E-state index contributed by atoms with van der Waals surface area (Å²) in [7, 11) is 0. The van der Waals surface area contributed by atoms with Gasteiger partial charge in [0, 0.05) is 0 Å². The number of hydrogen-bond donors (Lipinski definition) is 0. The Morgan fingerprint density at radius 1 is 1.44 bits per heavy atom. The minimum Gasteiger partial charge on any atom is -0.0999 e. The minimum absolute atomic E-state index is 0. The third-order valence-electron chi connectivity index (χ3n) is 1.45. The lowest BCUT2D eigenvalue weighted by Gasteiger charge is -2.04. The average molecular weight is 130 g/mol. The van der Waals surface area contributed by atoms with E-state index in [0.717, 1.165) is 0 Å². The van der Waals surface area contributed by atoms with Crippen LogP contribution in [0.25, 0.3) is 0 Å². The fraction of sp³-hybridized carbons (Fsp3) is 0.778. The highest BCUT2D eigenvalue weighted by Crippen LogP contribution is 2.09. The second-order valence-electron chi connectivity index (χ2n) is 2.16. The molecule has 9 heavy (non-hydrogen) atoms. The summed E-state index contributed by atoms with van der Waals surface area (Å²) in [6, 6.07) is 0. The van der Waals surface area contributed by atoms with Gasteiger partial charge in [0.1, 0.15) is 0 Å². The first kappa shape index (κ1) is 15.9. The van der Waals surface area contributed by atoms with Crippen molar-refractivity contribution in [3.8, 4) is 0 Å². The van der Waals surface area contributed by atoms with Gasteiger partial charge in [-0.25, -0.2) is 0 Å². The highest BCUT2D eigenvalue weighted by Gasteiger charge is 1.94. The molecule has 0 radical (unpaired) electrons. The van der Waals surface area contributed by atoms with Crippen molar-refractivity contribution < 1.29 is 0 Å². The van der Waals surface area contributed by atoms with Gasteiger partial charge in [0.2, 0.25) is 0 Å². The van der Waals surface area contributed by atoms with Crippen molar-refractivity contribution in [2.75, 3.05) is 0 Å². The molecule has 0 aliphatic rings. The van der Waals surface area contributed by atoms with Crippen LogP contribution in [-0.2, 0) is 0 Å². The molecule has 0 saturated carbocycles. The zero-order valence-electron chi connectivity index (χ0n) is 5.49. The quantitative estimate of drug-likeness (QED) is 0.498. The Balaban J connectivity index is -0.000000180. The van der Waals surface area contributed by atoms with Gasteiger partial charge in [-0.05, 0) is 19.3 Å². The second-order valence-corrected chi connectivity index (χ2v) is 2.16. The summed E-state index contributed by atoms with van der Waals surface area (Å²) in [6.07, 6.45) is 1.22. The van der Waals surface area contributed by atoms with E-state index in [4.69, 9.17) is 0 Å². The van der Waals surface area contributed by atoms with Gasteiger partial charge in [-0.3, -0.25) is 0 Å². The molecule has 0 N–H and O–H groups in total. The molecule has 0 aliphatic heterocycles. The summed E-state index contributed by atoms with van der Waals surface area (Å²) in [5.41, 5.74) is 1.29. The van der Waals surface area contributed by atoms with E-state index < -0.39 is 0 Å².